The van der Waals surface area contributed by atoms with E-state index >= 15 is 0 Å². The van der Waals surface area contributed by atoms with Gasteiger partial charge in [-0.15, -0.1) is 0 Å². The van der Waals surface area contributed by atoms with Crippen LogP contribution in [0.5, 0.6) is 0 Å². The van der Waals surface area contributed by atoms with Crippen LogP contribution in [0.4, 0.5) is 0 Å². The predicted octanol–water partition coefficient (Wildman–Crippen LogP) is 3.12. The van der Waals surface area contributed by atoms with Gasteiger partial charge in [-0.05, 0) is 29.1 Å². The number of rotatable bonds is 5. The molecule has 2 aromatic heterocycles. The minimum Gasteiger partial charge on any atom is -0.340 e. The highest BCUT2D eigenvalue weighted by molar-refractivity contribution is 5.82. The average molecular weight is 384 g/mol. The summed E-state index contributed by atoms with van der Waals surface area (Å²) in [7, 11) is 1.73. The molecule has 2 heterocycles. The average Bonchev–Trinajstić information content (AvgIpc) is 2.75. The van der Waals surface area contributed by atoms with E-state index in [1.165, 1.54) is 10.7 Å². The van der Waals surface area contributed by atoms with Crippen molar-refractivity contribution in [2.24, 2.45) is 0 Å². The fourth-order valence-electron chi connectivity index (χ4n) is 3.17. The molecular formula is C23H20N4O2. The number of hydrogen-bond donors (Lipinski definition) is 0. The lowest BCUT2D eigenvalue weighted by Gasteiger charge is -2.18. The number of benzene rings is 2. The number of hydrogen-bond acceptors (Lipinski definition) is 4. The van der Waals surface area contributed by atoms with Crippen molar-refractivity contribution in [3.8, 4) is 11.3 Å². The van der Waals surface area contributed by atoms with Gasteiger partial charge < -0.3 is 4.90 Å². The van der Waals surface area contributed by atoms with Gasteiger partial charge in [0.05, 0.1) is 5.69 Å². The number of carbonyl (C=O) groups is 1. The van der Waals surface area contributed by atoms with E-state index in [2.05, 4.69) is 10.1 Å². The Kier molecular flexibility index (Phi) is 5.16. The molecule has 4 rings (SSSR count). The normalized spacial score (nSPS) is 10.8. The van der Waals surface area contributed by atoms with Crippen molar-refractivity contribution in [3.63, 3.8) is 0 Å². The molecule has 4 aromatic rings. The van der Waals surface area contributed by atoms with Gasteiger partial charge in [0.15, 0.2) is 0 Å². The smallest absolute Gasteiger partial charge is 0.267 e. The van der Waals surface area contributed by atoms with Crippen molar-refractivity contribution < 1.29 is 4.79 Å². The maximum absolute atomic E-state index is 12.7. The molecule has 0 saturated carbocycles. The van der Waals surface area contributed by atoms with Gasteiger partial charge in [-0.2, -0.15) is 5.10 Å². The highest BCUT2D eigenvalue weighted by Gasteiger charge is 2.13. The zero-order valence-corrected chi connectivity index (χ0v) is 16.0. The highest BCUT2D eigenvalue weighted by Crippen LogP contribution is 2.16. The molecule has 0 unspecified atom stereocenters. The Morgan fingerprint density at radius 2 is 1.83 bits per heavy atom. The van der Waals surface area contributed by atoms with E-state index in [0.717, 1.165) is 21.9 Å². The van der Waals surface area contributed by atoms with E-state index in [0.29, 0.717) is 12.2 Å². The summed E-state index contributed by atoms with van der Waals surface area (Å²) in [6.07, 6.45) is 3.56. The fourth-order valence-corrected chi connectivity index (χ4v) is 3.17. The predicted molar refractivity (Wildman–Crippen MR) is 112 cm³/mol. The first-order chi connectivity index (χ1) is 14.1. The third-order valence-electron chi connectivity index (χ3n) is 4.77. The molecule has 29 heavy (non-hydrogen) atoms. The first kappa shape index (κ1) is 18.6. The van der Waals surface area contributed by atoms with Crippen LogP contribution < -0.4 is 5.56 Å². The van der Waals surface area contributed by atoms with Gasteiger partial charge in [0, 0.05) is 43.0 Å². The lowest BCUT2D eigenvalue weighted by molar-refractivity contribution is -0.131. The molecule has 0 fully saturated rings. The quantitative estimate of drug-likeness (QED) is 0.530. The minimum absolute atomic E-state index is 0.104. The van der Waals surface area contributed by atoms with Gasteiger partial charge >= 0.3 is 0 Å². The Morgan fingerprint density at radius 3 is 2.66 bits per heavy atom. The van der Waals surface area contributed by atoms with Crippen molar-refractivity contribution >= 4 is 16.7 Å². The van der Waals surface area contributed by atoms with Crippen molar-refractivity contribution in [2.75, 3.05) is 7.05 Å². The number of amides is 1. The first-order valence-electron chi connectivity index (χ1n) is 9.30. The number of carbonyl (C=O) groups excluding carboxylic acids is 1. The second kappa shape index (κ2) is 8.06. The van der Waals surface area contributed by atoms with Crippen molar-refractivity contribution in [3.05, 3.63) is 95.0 Å². The summed E-state index contributed by atoms with van der Waals surface area (Å²) >= 11 is 0. The van der Waals surface area contributed by atoms with Crippen LogP contribution in [-0.4, -0.2) is 32.6 Å². The van der Waals surface area contributed by atoms with Crippen LogP contribution in [0.15, 0.2) is 83.9 Å². The maximum Gasteiger partial charge on any atom is 0.267 e. The summed E-state index contributed by atoms with van der Waals surface area (Å²) in [4.78, 5) is 30.6. The van der Waals surface area contributed by atoms with E-state index < -0.39 is 0 Å². The number of fused-ring (bicyclic) bond motifs is 1. The van der Waals surface area contributed by atoms with Crippen LogP contribution in [0.2, 0.25) is 0 Å². The molecule has 0 N–H and O–H groups in total. The van der Waals surface area contributed by atoms with E-state index in [1.54, 1.807) is 24.2 Å². The molecule has 0 spiro atoms. The molecule has 0 aliphatic rings. The minimum atomic E-state index is -0.301. The highest BCUT2D eigenvalue weighted by atomic mass is 16.2. The molecule has 1 amide bonds. The van der Waals surface area contributed by atoms with Crippen LogP contribution in [0.1, 0.15) is 5.56 Å². The third-order valence-corrected chi connectivity index (χ3v) is 4.77. The lowest BCUT2D eigenvalue weighted by atomic mass is 10.1. The molecule has 0 aliphatic heterocycles. The standard InChI is InChI=1S/C23H20N4O2/c1-26(15-17-7-8-20-14-24-12-11-19(20)13-17)23(29)16-27-22(28)10-9-21(25-27)18-5-3-2-4-6-18/h2-14H,15-16H2,1H3. The zero-order valence-electron chi connectivity index (χ0n) is 16.0. The van der Waals surface area contributed by atoms with Crippen LogP contribution in [0.25, 0.3) is 22.0 Å². The Hall–Kier alpha value is -3.80. The molecule has 6 heteroatoms. The summed E-state index contributed by atoms with van der Waals surface area (Å²) in [6, 6.07) is 20.6. The van der Waals surface area contributed by atoms with Crippen molar-refractivity contribution in [1.82, 2.24) is 19.7 Å². The van der Waals surface area contributed by atoms with Crippen LogP contribution >= 0.6 is 0 Å². The summed E-state index contributed by atoms with van der Waals surface area (Å²) < 4.78 is 1.22. The molecule has 144 valence electrons. The van der Waals surface area contributed by atoms with E-state index in [-0.39, 0.29) is 18.0 Å². The Bertz CT molecular complexity index is 1220. The van der Waals surface area contributed by atoms with E-state index in [9.17, 15) is 9.59 Å². The van der Waals surface area contributed by atoms with Crippen LogP contribution in [0.3, 0.4) is 0 Å². The Balaban J connectivity index is 1.50. The van der Waals surface area contributed by atoms with Crippen LogP contribution in [0, 0.1) is 0 Å². The summed E-state index contributed by atoms with van der Waals surface area (Å²) in [5, 5.41) is 6.49. The summed E-state index contributed by atoms with van der Waals surface area (Å²) in [6.45, 7) is 0.345. The monoisotopic (exact) mass is 384 g/mol. The van der Waals surface area contributed by atoms with Gasteiger partial charge in [0.2, 0.25) is 5.91 Å². The third kappa shape index (κ3) is 4.21. The van der Waals surface area contributed by atoms with Crippen molar-refractivity contribution in [1.29, 1.82) is 0 Å². The summed E-state index contributed by atoms with van der Waals surface area (Å²) in [5.74, 6) is -0.181. The first-order valence-corrected chi connectivity index (χ1v) is 9.30. The maximum atomic E-state index is 12.7. The molecule has 0 atom stereocenters. The SMILES string of the molecule is CN(Cc1ccc2cnccc2c1)C(=O)Cn1nc(-c2ccccc2)ccc1=O. The number of likely N-dealkylation sites (N-methyl/N-ethyl adjacent to an activating group) is 1. The van der Waals surface area contributed by atoms with Gasteiger partial charge in [-0.3, -0.25) is 14.6 Å². The molecule has 6 nitrogen and oxygen atoms in total. The topological polar surface area (TPSA) is 68.1 Å². The van der Waals surface area contributed by atoms with Gasteiger partial charge in [-0.25, -0.2) is 4.68 Å². The number of aromatic nitrogens is 3. The van der Waals surface area contributed by atoms with Gasteiger partial charge in [0.25, 0.3) is 5.56 Å². The van der Waals surface area contributed by atoms with Crippen molar-refractivity contribution in [2.45, 2.75) is 13.1 Å². The second-order valence-electron chi connectivity index (χ2n) is 6.89. The molecule has 0 aliphatic carbocycles. The molecule has 2 aromatic carbocycles. The van der Waals surface area contributed by atoms with E-state index in [1.807, 2.05) is 60.8 Å². The van der Waals surface area contributed by atoms with E-state index in [4.69, 9.17) is 0 Å². The zero-order chi connectivity index (χ0) is 20.2. The fraction of sp³-hybridized carbons (Fsp3) is 0.130. The Morgan fingerprint density at radius 1 is 1.00 bits per heavy atom. The largest absolute Gasteiger partial charge is 0.340 e. The second-order valence-corrected chi connectivity index (χ2v) is 6.89. The molecule has 0 bridgehead atoms. The van der Waals surface area contributed by atoms with Crippen LogP contribution in [-0.2, 0) is 17.9 Å². The summed E-state index contributed by atoms with van der Waals surface area (Å²) in [5.41, 5.74) is 2.26. The number of pyridine rings is 1. The Labute approximate surface area is 168 Å². The molecular weight excluding hydrogens is 364 g/mol. The van der Waals surface area contributed by atoms with Gasteiger partial charge in [-0.1, -0.05) is 42.5 Å². The lowest BCUT2D eigenvalue weighted by Crippen LogP contribution is -2.34. The molecule has 0 radical (unpaired) electrons. The molecule has 0 saturated heterocycles. The number of nitrogens with zero attached hydrogens (tertiary/aromatic N) is 4. The van der Waals surface area contributed by atoms with Gasteiger partial charge in [0.1, 0.15) is 6.54 Å².